The number of methoxy groups -OCH3 is 4. The first-order valence-corrected chi connectivity index (χ1v) is 17.6. The molecule has 0 saturated carbocycles. The Morgan fingerprint density at radius 3 is 1.36 bits per heavy atom. The monoisotopic (exact) mass is 772 g/mol. The van der Waals surface area contributed by atoms with E-state index < -0.39 is 23.0 Å². The van der Waals surface area contributed by atoms with Gasteiger partial charge in [-0.1, -0.05) is 11.8 Å². The summed E-state index contributed by atoms with van der Waals surface area (Å²) in [4.78, 5) is 24.8. The fourth-order valence-electron chi connectivity index (χ4n) is 5.00. The minimum atomic E-state index is -1.16. The van der Waals surface area contributed by atoms with Crippen molar-refractivity contribution in [3.05, 3.63) is 83.7 Å². The Kier molecular flexibility index (Phi) is 15.5. The first-order chi connectivity index (χ1) is 26.8. The summed E-state index contributed by atoms with van der Waals surface area (Å²) in [6, 6.07) is 17.5. The van der Waals surface area contributed by atoms with E-state index in [1.165, 1.54) is 0 Å². The second-order valence-electron chi connectivity index (χ2n) is 13.2. The van der Waals surface area contributed by atoms with Gasteiger partial charge in [-0.05, 0) is 87.1 Å². The smallest absolute Gasteiger partial charge is 0.417 e. The lowest BCUT2D eigenvalue weighted by Gasteiger charge is -2.25. The molecule has 2 aromatic carbocycles. The van der Waals surface area contributed by atoms with Gasteiger partial charge in [0, 0.05) is 36.1 Å². The van der Waals surface area contributed by atoms with Crippen LogP contribution in [-0.2, 0) is 31.9 Å². The summed E-state index contributed by atoms with van der Waals surface area (Å²) in [6.45, 7) is 3.25. The minimum absolute atomic E-state index is 0.134. The van der Waals surface area contributed by atoms with Gasteiger partial charge in [0.15, 0.2) is 34.5 Å². The molecule has 0 fully saturated rings. The van der Waals surface area contributed by atoms with Crippen LogP contribution in [0.4, 0.5) is 0 Å². The van der Waals surface area contributed by atoms with Gasteiger partial charge >= 0.3 is 11.9 Å². The molecule has 0 aliphatic heterocycles. The first-order valence-electron chi connectivity index (χ1n) is 17.6. The van der Waals surface area contributed by atoms with Crippen LogP contribution in [0.3, 0.4) is 0 Å². The number of hydrogen-bond acceptors (Lipinski definition) is 14. The third kappa shape index (κ3) is 13.6. The van der Waals surface area contributed by atoms with E-state index in [0.29, 0.717) is 83.2 Å². The molecule has 0 amide bonds. The van der Waals surface area contributed by atoms with Gasteiger partial charge in [0.05, 0.1) is 28.4 Å². The van der Waals surface area contributed by atoms with Crippen LogP contribution in [0.5, 0.6) is 34.5 Å². The highest BCUT2D eigenvalue weighted by molar-refractivity contribution is 6.29. The van der Waals surface area contributed by atoms with Gasteiger partial charge in [-0.2, -0.15) is 0 Å². The van der Waals surface area contributed by atoms with E-state index in [0.717, 1.165) is 0 Å². The molecule has 2 heterocycles. The lowest BCUT2D eigenvalue weighted by molar-refractivity contribution is -0.169. The molecule has 0 aliphatic carbocycles. The van der Waals surface area contributed by atoms with Crippen molar-refractivity contribution in [2.45, 2.75) is 50.6 Å². The second-order valence-corrected chi connectivity index (χ2v) is 13.2. The number of esters is 2. The van der Waals surface area contributed by atoms with Crippen LogP contribution >= 0.6 is 0 Å². The summed E-state index contributed by atoms with van der Waals surface area (Å²) in [5.74, 6) is 15.0. The van der Waals surface area contributed by atoms with Crippen molar-refractivity contribution < 1.29 is 56.3 Å². The molecule has 2 atom stereocenters. The van der Waals surface area contributed by atoms with Crippen LogP contribution in [0.25, 0.3) is 0 Å². The highest BCUT2D eigenvalue weighted by Gasteiger charge is 2.28. The maximum atomic E-state index is 12.4. The van der Waals surface area contributed by atoms with Crippen molar-refractivity contribution in [1.29, 1.82) is 0 Å². The van der Waals surface area contributed by atoms with Crippen molar-refractivity contribution in [3.8, 4) is 58.2 Å². The Bertz CT molecular complexity index is 1890. The number of benzene rings is 2. The van der Waals surface area contributed by atoms with Gasteiger partial charge in [0.1, 0.15) is 49.4 Å². The fraction of sp³-hybridized carbons (Fsp3) is 0.381. The number of nitrogens with two attached hydrogens (primary N) is 2. The number of carbonyl (C=O) groups excluding carboxylic acids is 2. The molecular weight excluding hydrogens is 724 g/mol. The Labute approximate surface area is 326 Å². The van der Waals surface area contributed by atoms with E-state index >= 15 is 0 Å². The number of furan rings is 2. The molecule has 0 radical (unpaired) electrons. The molecule has 56 heavy (non-hydrogen) atoms. The third-order valence-corrected chi connectivity index (χ3v) is 8.20. The predicted molar refractivity (Wildman–Crippen MR) is 205 cm³/mol. The summed E-state index contributed by atoms with van der Waals surface area (Å²) < 4.78 is 54.2. The molecular formula is C42H48N2O12. The normalized spacial score (nSPS) is 12.6. The van der Waals surface area contributed by atoms with E-state index in [-0.39, 0.29) is 26.4 Å². The predicted octanol–water partition coefficient (Wildman–Crippen LogP) is 4.85. The SMILES string of the molecule is COc1ccc(OCC#Cc2ccc(CC[C@@](C)(N)COC(=O)C(=O)OC[C@](C)(N)CCc3ccc(C#CCOc4ccc(OC)c(OC)c4)o3)o2)cc1OC. The lowest BCUT2D eigenvalue weighted by Crippen LogP contribution is -2.45. The average Bonchev–Trinajstić information content (AvgIpc) is 3.87. The van der Waals surface area contributed by atoms with Crippen LogP contribution in [0.15, 0.2) is 69.5 Å². The Balaban J connectivity index is 1.12. The number of rotatable bonds is 18. The third-order valence-electron chi connectivity index (χ3n) is 8.20. The Morgan fingerprint density at radius 2 is 0.982 bits per heavy atom. The zero-order chi connectivity index (χ0) is 40.6. The van der Waals surface area contributed by atoms with Crippen LogP contribution in [-0.4, -0.2) is 77.9 Å². The minimum Gasteiger partial charge on any atom is -0.493 e. The summed E-state index contributed by atoms with van der Waals surface area (Å²) in [6.07, 6.45) is 1.69. The lowest BCUT2D eigenvalue weighted by atomic mass is 9.97. The van der Waals surface area contributed by atoms with Crippen LogP contribution in [0.2, 0.25) is 0 Å². The topological polar surface area (TPSA) is 186 Å². The molecule has 4 aromatic rings. The van der Waals surface area contributed by atoms with Crippen molar-refractivity contribution in [1.82, 2.24) is 0 Å². The summed E-state index contributed by atoms with van der Waals surface area (Å²) in [5, 5.41) is 0. The second kappa shape index (κ2) is 20.5. The highest BCUT2D eigenvalue weighted by Crippen LogP contribution is 2.32. The number of carbonyl (C=O) groups is 2. The zero-order valence-corrected chi connectivity index (χ0v) is 32.5. The van der Waals surface area contributed by atoms with E-state index in [9.17, 15) is 9.59 Å². The van der Waals surface area contributed by atoms with E-state index in [2.05, 4.69) is 23.7 Å². The van der Waals surface area contributed by atoms with E-state index in [4.69, 9.17) is 58.2 Å². The van der Waals surface area contributed by atoms with E-state index in [1.54, 1.807) is 103 Å². The quantitative estimate of drug-likeness (QED) is 0.0794. The van der Waals surface area contributed by atoms with Gasteiger partial charge in [0.2, 0.25) is 0 Å². The maximum Gasteiger partial charge on any atom is 0.417 e. The molecule has 0 spiro atoms. The van der Waals surface area contributed by atoms with Crippen molar-refractivity contribution in [2.75, 3.05) is 54.9 Å². The summed E-state index contributed by atoms with van der Waals surface area (Å²) >= 11 is 0. The van der Waals surface area contributed by atoms with Gasteiger partial charge in [-0.3, -0.25) is 0 Å². The fourth-order valence-corrected chi connectivity index (χ4v) is 5.00. The van der Waals surface area contributed by atoms with Crippen LogP contribution in [0, 0.1) is 23.7 Å². The molecule has 2 aromatic heterocycles. The van der Waals surface area contributed by atoms with Gasteiger partial charge in [0.25, 0.3) is 0 Å². The van der Waals surface area contributed by atoms with Crippen LogP contribution in [0.1, 0.15) is 49.7 Å². The maximum absolute atomic E-state index is 12.4. The molecule has 0 bridgehead atoms. The van der Waals surface area contributed by atoms with Gasteiger partial charge < -0.3 is 58.2 Å². The summed E-state index contributed by atoms with van der Waals surface area (Å²) in [5.41, 5.74) is 10.8. The highest BCUT2D eigenvalue weighted by atomic mass is 16.6. The molecule has 4 rings (SSSR count). The molecule has 0 saturated heterocycles. The molecule has 0 aliphatic rings. The van der Waals surface area contributed by atoms with Crippen molar-refractivity contribution in [2.24, 2.45) is 11.5 Å². The number of hydrogen-bond donors (Lipinski definition) is 2. The number of aryl methyl sites for hydroxylation is 2. The van der Waals surface area contributed by atoms with E-state index in [1.807, 2.05) is 0 Å². The summed E-state index contributed by atoms with van der Waals surface area (Å²) in [7, 11) is 6.22. The van der Waals surface area contributed by atoms with Gasteiger partial charge in [-0.25, -0.2) is 9.59 Å². The average molecular weight is 773 g/mol. The largest absolute Gasteiger partial charge is 0.493 e. The number of ether oxygens (including phenoxy) is 8. The first kappa shape index (κ1) is 42.5. The zero-order valence-electron chi connectivity index (χ0n) is 32.5. The Morgan fingerprint density at radius 1 is 0.589 bits per heavy atom. The molecule has 14 nitrogen and oxygen atoms in total. The molecule has 14 heteroatoms. The standard InChI is InChI=1S/C42H48N2O12/c1-41(43,21-19-31-13-11-29(55-31)9-7-23-51-33-15-17-35(47-3)37(25-33)49-5)27-53-39(45)40(46)54-28-42(2,44)22-20-32-14-12-30(56-32)10-8-24-52-34-16-18-36(48-4)38(26-34)50-6/h11-18,25-26H,19-24,27-28,43-44H2,1-6H3/t41-,42-/m1/s1. The van der Waals surface area contributed by atoms with Gasteiger partial charge in [-0.15, -0.1) is 0 Å². The Hall–Kier alpha value is -6.22. The molecule has 298 valence electrons. The van der Waals surface area contributed by atoms with Crippen LogP contribution < -0.4 is 39.9 Å². The van der Waals surface area contributed by atoms with Crippen molar-refractivity contribution >= 4 is 11.9 Å². The van der Waals surface area contributed by atoms with Crippen molar-refractivity contribution in [3.63, 3.8) is 0 Å². The molecule has 0 unspecified atom stereocenters. The molecule has 4 N–H and O–H groups in total.